The molecule has 0 aliphatic carbocycles. The van der Waals surface area contributed by atoms with Crippen molar-refractivity contribution in [2.24, 2.45) is 5.92 Å². The van der Waals surface area contributed by atoms with Gasteiger partial charge in [-0.1, -0.05) is 12.8 Å². The van der Waals surface area contributed by atoms with E-state index in [9.17, 15) is 4.79 Å². The summed E-state index contributed by atoms with van der Waals surface area (Å²) < 4.78 is 0. The number of nitriles is 1. The van der Waals surface area contributed by atoms with E-state index in [2.05, 4.69) is 26.2 Å². The number of nitrogens with zero attached hydrogens (tertiary/aromatic N) is 4. The van der Waals surface area contributed by atoms with E-state index in [4.69, 9.17) is 5.26 Å². The van der Waals surface area contributed by atoms with Crippen LogP contribution in [0.3, 0.4) is 0 Å². The molecular formula is C21H31N5O. The van der Waals surface area contributed by atoms with Crippen molar-refractivity contribution < 1.29 is 4.79 Å². The minimum atomic E-state index is 0.105. The Kier molecular flexibility index (Phi) is 6.54. The molecule has 3 heterocycles. The Labute approximate surface area is 162 Å². The van der Waals surface area contributed by atoms with Gasteiger partial charge in [0.15, 0.2) is 0 Å². The van der Waals surface area contributed by atoms with Crippen LogP contribution in [0, 0.1) is 17.2 Å². The predicted molar refractivity (Wildman–Crippen MR) is 107 cm³/mol. The van der Waals surface area contributed by atoms with Crippen LogP contribution in [0.4, 0.5) is 10.6 Å². The molecule has 146 valence electrons. The second-order valence-electron chi connectivity index (χ2n) is 8.06. The number of piperidine rings is 1. The fourth-order valence-electron chi connectivity index (χ4n) is 4.36. The molecule has 1 aromatic heterocycles. The fraction of sp³-hybridized carbons (Fsp3) is 0.667. The second-order valence-corrected chi connectivity index (χ2v) is 8.06. The maximum Gasteiger partial charge on any atom is 0.317 e. The standard InChI is InChI=1S/C21H31N5O/c1-16(2)24-21(27)26-11-5-3-4-6-19(26)18-9-12-25(13-10-18)20-8-7-17(14-22)15-23-20/h7-8,15-16,18-19H,3-6,9-13H2,1-2H3,(H,24,27)/t19-/m1/s1. The molecule has 2 saturated heterocycles. The number of rotatable bonds is 3. The van der Waals surface area contributed by atoms with Gasteiger partial charge in [0, 0.05) is 37.9 Å². The summed E-state index contributed by atoms with van der Waals surface area (Å²) in [5.41, 5.74) is 0.596. The van der Waals surface area contributed by atoms with Crippen LogP contribution in [-0.4, -0.2) is 47.6 Å². The van der Waals surface area contributed by atoms with E-state index in [1.807, 2.05) is 26.0 Å². The van der Waals surface area contributed by atoms with E-state index in [0.717, 1.165) is 51.1 Å². The zero-order chi connectivity index (χ0) is 19.2. The highest BCUT2D eigenvalue weighted by Crippen LogP contribution is 2.31. The van der Waals surface area contributed by atoms with Crippen molar-refractivity contribution in [1.29, 1.82) is 5.26 Å². The van der Waals surface area contributed by atoms with Gasteiger partial charge in [0.25, 0.3) is 0 Å². The number of carbonyl (C=O) groups excluding carboxylic acids is 1. The van der Waals surface area contributed by atoms with Crippen LogP contribution < -0.4 is 10.2 Å². The lowest BCUT2D eigenvalue weighted by Crippen LogP contribution is -2.52. The summed E-state index contributed by atoms with van der Waals surface area (Å²) in [6.45, 7) is 6.83. The number of hydrogen-bond acceptors (Lipinski definition) is 4. The molecular weight excluding hydrogens is 338 g/mol. The minimum absolute atomic E-state index is 0.105. The number of carbonyl (C=O) groups is 1. The minimum Gasteiger partial charge on any atom is -0.357 e. The maximum atomic E-state index is 12.7. The quantitative estimate of drug-likeness (QED) is 0.885. The van der Waals surface area contributed by atoms with Crippen molar-refractivity contribution in [2.75, 3.05) is 24.5 Å². The maximum absolute atomic E-state index is 12.7. The van der Waals surface area contributed by atoms with Crippen LogP contribution >= 0.6 is 0 Å². The Morgan fingerprint density at radius 3 is 2.59 bits per heavy atom. The van der Waals surface area contributed by atoms with Gasteiger partial charge in [0.05, 0.1) is 5.56 Å². The van der Waals surface area contributed by atoms with E-state index in [1.54, 1.807) is 6.20 Å². The number of anilines is 1. The van der Waals surface area contributed by atoms with Crippen LogP contribution in [0.25, 0.3) is 0 Å². The lowest BCUT2D eigenvalue weighted by molar-refractivity contribution is 0.135. The Bertz CT molecular complexity index is 658. The highest BCUT2D eigenvalue weighted by Gasteiger charge is 2.34. The first-order valence-electron chi connectivity index (χ1n) is 10.3. The van der Waals surface area contributed by atoms with Gasteiger partial charge in [-0.05, 0) is 57.6 Å². The Morgan fingerprint density at radius 2 is 1.96 bits per heavy atom. The topological polar surface area (TPSA) is 72.3 Å². The molecule has 0 aromatic carbocycles. The molecule has 0 saturated carbocycles. The molecule has 1 atom stereocenters. The number of amides is 2. The number of likely N-dealkylation sites (tertiary alicyclic amines) is 1. The molecule has 6 nitrogen and oxygen atoms in total. The molecule has 0 bridgehead atoms. The highest BCUT2D eigenvalue weighted by atomic mass is 16.2. The summed E-state index contributed by atoms with van der Waals surface area (Å²) in [4.78, 5) is 21.6. The fourth-order valence-corrected chi connectivity index (χ4v) is 4.36. The summed E-state index contributed by atoms with van der Waals surface area (Å²) in [5.74, 6) is 1.50. The molecule has 6 heteroatoms. The molecule has 2 amide bonds. The van der Waals surface area contributed by atoms with Gasteiger partial charge in [0.1, 0.15) is 11.9 Å². The molecule has 2 fully saturated rings. The predicted octanol–water partition coefficient (Wildman–Crippen LogP) is 3.53. The number of nitrogens with one attached hydrogen (secondary N) is 1. The highest BCUT2D eigenvalue weighted by molar-refractivity contribution is 5.74. The molecule has 2 aliphatic rings. The molecule has 2 aliphatic heterocycles. The summed E-state index contributed by atoms with van der Waals surface area (Å²) >= 11 is 0. The smallest absolute Gasteiger partial charge is 0.317 e. The number of hydrogen-bond donors (Lipinski definition) is 1. The largest absolute Gasteiger partial charge is 0.357 e. The summed E-state index contributed by atoms with van der Waals surface area (Å²) in [6, 6.07) is 6.51. The Morgan fingerprint density at radius 1 is 1.19 bits per heavy atom. The third kappa shape index (κ3) is 4.91. The van der Waals surface area contributed by atoms with E-state index in [1.165, 1.54) is 12.8 Å². The van der Waals surface area contributed by atoms with Gasteiger partial charge in [-0.2, -0.15) is 5.26 Å². The molecule has 3 rings (SSSR count). The zero-order valence-corrected chi connectivity index (χ0v) is 16.5. The summed E-state index contributed by atoms with van der Waals surface area (Å²) in [5, 5.41) is 12.0. The van der Waals surface area contributed by atoms with Crippen molar-refractivity contribution in [3.8, 4) is 6.07 Å². The first-order chi connectivity index (χ1) is 13.1. The van der Waals surface area contributed by atoms with E-state index in [-0.39, 0.29) is 12.1 Å². The van der Waals surface area contributed by atoms with Gasteiger partial charge in [-0.15, -0.1) is 0 Å². The van der Waals surface area contributed by atoms with Gasteiger partial charge in [-0.3, -0.25) is 0 Å². The molecule has 0 unspecified atom stereocenters. The van der Waals surface area contributed by atoms with Crippen molar-refractivity contribution in [2.45, 2.75) is 64.5 Å². The molecule has 27 heavy (non-hydrogen) atoms. The third-order valence-corrected chi connectivity index (χ3v) is 5.76. The van der Waals surface area contributed by atoms with Crippen LogP contribution in [0.1, 0.15) is 57.9 Å². The van der Waals surface area contributed by atoms with Crippen molar-refractivity contribution in [3.05, 3.63) is 23.9 Å². The van der Waals surface area contributed by atoms with Gasteiger partial charge < -0.3 is 15.1 Å². The molecule has 0 spiro atoms. The van der Waals surface area contributed by atoms with Crippen molar-refractivity contribution in [3.63, 3.8) is 0 Å². The van der Waals surface area contributed by atoms with Crippen LogP contribution in [0.2, 0.25) is 0 Å². The third-order valence-electron chi connectivity index (χ3n) is 5.76. The molecule has 1 N–H and O–H groups in total. The van der Waals surface area contributed by atoms with E-state index >= 15 is 0 Å². The first kappa shape index (κ1) is 19.5. The SMILES string of the molecule is CC(C)NC(=O)N1CCCCC[C@@H]1C1CCN(c2ccc(C#N)cn2)CC1. The Balaban J connectivity index is 1.63. The van der Waals surface area contributed by atoms with Gasteiger partial charge in [0.2, 0.25) is 0 Å². The molecule has 1 aromatic rings. The normalized spacial score (nSPS) is 21.6. The second kappa shape index (κ2) is 9.07. The van der Waals surface area contributed by atoms with E-state index in [0.29, 0.717) is 17.5 Å². The van der Waals surface area contributed by atoms with Gasteiger partial charge in [-0.25, -0.2) is 9.78 Å². The van der Waals surface area contributed by atoms with Crippen LogP contribution in [-0.2, 0) is 0 Å². The first-order valence-corrected chi connectivity index (χ1v) is 10.3. The summed E-state index contributed by atoms with van der Waals surface area (Å²) in [7, 11) is 0. The lowest BCUT2D eigenvalue weighted by Gasteiger charge is -2.41. The van der Waals surface area contributed by atoms with Crippen LogP contribution in [0.15, 0.2) is 18.3 Å². The number of pyridine rings is 1. The monoisotopic (exact) mass is 369 g/mol. The van der Waals surface area contributed by atoms with E-state index < -0.39 is 0 Å². The average molecular weight is 370 g/mol. The number of urea groups is 1. The van der Waals surface area contributed by atoms with Crippen molar-refractivity contribution >= 4 is 11.8 Å². The Hall–Kier alpha value is -2.29. The number of aromatic nitrogens is 1. The lowest BCUT2D eigenvalue weighted by atomic mass is 9.86. The summed E-state index contributed by atoms with van der Waals surface area (Å²) in [6.07, 6.45) is 8.46. The average Bonchev–Trinajstić information content (AvgIpc) is 2.94. The molecule has 0 radical (unpaired) electrons. The van der Waals surface area contributed by atoms with Crippen molar-refractivity contribution in [1.82, 2.24) is 15.2 Å². The van der Waals surface area contributed by atoms with Gasteiger partial charge >= 0.3 is 6.03 Å². The zero-order valence-electron chi connectivity index (χ0n) is 16.5. The van der Waals surface area contributed by atoms with Crippen LogP contribution in [0.5, 0.6) is 0 Å².